The van der Waals surface area contributed by atoms with E-state index < -0.39 is 6.09 Å². The third-order valence-electron chi connectivity index (χ3n) is 2.78. The molecular weight excluding hydrogens is 273 g/mol. The first-order valence-electron chi connectivity index (χ1n) is 6.15. The number of Topliss-reactive ketones (excluding diaryl/α,β-unsaturated/α-hetero) is 1. The molecule has 1 rings (SSSR count). The Hall–Kier alpha value is -0.360. The normalized spacial score (nSPS) is 11.5. The number of rotatable bonds is 7. The molecule has 4 nitrogen and oxygen atoms in total. The predicted octanol–water partition coefficient (Wildman–Crippen LogP) is 0.721. The number of carbonyl (C=O) groups excluding carboxylic acids is 2. The molecule has 1 aromatic rings. The molecule has 19 heavy (non-hydrogen) atoms. The summed E-state index contributed by atoms with van der Waals surface area (Å²) in [6, 6.07) is 1.68. The van der Waals surface area contributed by atoms with Crippen molar-refractivity contribution in [1.82, 2.24) is 0 Å². The van der Waals surface area contributed by atoms with Crippen LogP contribution in [0.1, 0.15) is 51.3 Å². The number of nitrogens with two attached hydrogens (primary N) is 1. The summed E-state index contributed by atoms with van der Waals surface area (Å²) in [4.78, 5) is 22.9. The second kappa shape index (κ2) is 9.53. The van der Waals surface area contributed by atoms with E-state index in [9.17, 15) is 9.59 Å². The number of unbranched alkanes of at least 4 members (excludes halogenated alkanes) is 2. The first-order chi connectivity index (χ1) is 8.56. The van der Waals surface area contributed by atoms with Crippen LogP contribution >= 0.6 is 11.3 Å². The zero-order chi connectivity index (χ0) is 13.5. The van der Waals surface area contributed by atoms with Crippen LogP contribution in [0.3, 0.4) is 0 Å². The number of primary amides is 1. The summed E-state index contributed by atoms with van der Waals surface area (Å²) in [5, 5.41) is 2.03. The van der Waals surface area contributed by atoms with Crippen molar-refractivity contribution in [3.63, 3.8) is 0 Å². The summed E-state index contributed by atoms with van der Waals surface area (Å²) in [6.45, 7) is 4.04. The minimum Gasteiger partial charge on any atom is -1.00 e. The van der Waals surface area contributed by atoms with Crippen LogP contribution in [0.2, 0.25) is 0 Å². The standard InChI is InChI=1S/C13H19NO3S.Na.H/c1-3-4-5-6-9(2)11(15)10-7-8-18-12(10)17-13(14)16;;/h7-9H,3-6H2,1-2H3,(H2,14,16);;/q;+1;-1. The van der Waals surface area contributed by atoms with E-state index in [-0.39, 0.29) is 42.7 Å². The maximum absolute atomic E-state index is 12.2. The third kappa shape index (κ3) is 6.08. The molecular formula is C13H20NNaO3S. The maximum atomic E-state index is 12.2. The van der Waals surface area contributed by atoms with Gasteiger partial charge in [-0.25, -0.2) is 4.79 Å². The Bertz CT molecular complexity index is 426. The summed E-state index contributed by atoms with van der Waals surface area (Å²) in [5.74, 6) is -0.0371. The number of ether oxygens (including phenoxy) is 1. The van der Waals surface area contributed by atoms with Crippen LogP contribution in [0, 0.1) is 5.92 Å². The van der Waals surface area contributed by atoms with Gasteiger partial charge in [0.2, 0.25) is 0 Å². The largest absolute Gasteiger partial charge is 1.00 e. The van der Waals surface area contributed by atoms with Crippen LogP contribution in [0.4, 0.5) is 4.79 Å². The molecule has 1 atom stereocenters. The Balaban J connectivity index is 0. The van der Waals surface area contributed by atoms with Crippen molar-refractivity contribution in [3.8, 4) is 5.06 Å². The maximum Gasteiger partial charge on any atom is 1.00 e. The minimum atomic E-state index is -0.884. The fourth-order valence-electron chi connectivity index (χ4n) is 1.75. The summed E-state index contributed by atoms with van der Waals surface area (Å²) in [6.07, 6.45) is 3.28. The van der Waals surface area contributed by atoms with E-state index in [0.29, 0.717) is 10.6 Å². The SMILES string of the molecule is CCCCCC(C)C(=O)c1ccsc1OC(N)=O.[H-].[Na+]. The summed E-state index contributed by atoms with van der Waals surface area (Å²) in [7, 11) is 0. The van der Waals surface area contributed by atoms with Crippen LogP contribution in [-0.4, -0.2) is 11.9 Å². The number of thiophene rings is 1. The zero-order valence-corrected chi connectivity index (χ0v) is 14.6. The van der Waals surface area contributed by atoms with Crippen molar-refractivity contribution in [3.05, 3.63) is 17.0 Å². The molecule has 0 aliphatic rings. The van der Waals surface area contributed by atoms with E-state index in [4.69, 9.17) is 10.5 Å². The van der Waals surface area contributed by atoms with Crippen molar-refractivity contribution in [2.75, 3.05) is 0 Å². The Kier molecular flexibility index (Phi) is 9.35. The topological polar surface area (TPSA) is 69.4 Å². The van der Waals surface area contributed by atoms with Gasteiger partial charge in [0, 0.05) is 5.92 Å². The molecule has 0 aromatic carbocycles. The van der Waals surface area contributed by atoms with Gasteiger partial charge in [-0.05, 0) is 17.9 Å². The molecule has 1 aromatic heterocycles. The van der Waals surface area contributed by atoms with Gasteiger partial charge in [0.1, 0.15) is 0 Å². The monoisotopic (exact) mass is 293 g/mol. The van der Waals surface area contributed by atoms with Gasteiger partial charge in [-0.2, -0.15) is 0 Å². The molecule has 1 amide bonds. The van der Waals surface area contributed by atoms with Crippen molar-refractivity contribution in [1.29, 1.82) is 0 Å². The van der Waals surface area contributed by atoms with E-state index in [1.54, 1.807) is 11.4 Å². The van der Waals surface area contributed by atoms with Crippen LogP contribution in [0.15, 0.2) is 11.4 Å². The Morgan fingerprint density at radius 3 is 2.74 bits per heavy atom. The van der Waals surface area contributed by atoms with E-state index >= 15 is 0 Å². The molecule has 0 aliphatic carbocycles. The minimum absolute atomic E-state index is 0. The van der Waals surface area contributed by atoms with E-state index in [2.05, 4.69) is 6.92 Å². The Morgan fingerprint density at radius 1 is 1.47 bits per heavy atom. The average molecular weight is 293 g/mol. The number of amides is 1. The van der Waals surface area contributed by atoms with Gasteiger partial charge in [-0.3, -0.25) is 4.79 Å². The second-order valence-electron chi connectivity index (χ2n) is 4.30. The molecule has 1 unspecified atom stereocenters. The number of hydrogen-bond acceptors (Lipinski definition) is 4. The smallest absolute Gasteiger partial charge is 1.00 e. The van der Waals surface area contributed by atoms with Crippen molar-refractivity contribution in [2.45, 2.75) is 39.5 Å². The van der Waals surface area contributed by atoms with Crippen LogP contribution in [-0.2, 0) is 0 Å². The zero-order valence-electron chi connectivity index (χ0n) is 12.8. The van der Waals surface area contributed by atoms with Crippen LogP contribution in [0.25, 0.3) is 0 Å². The molecule has 0 bridgehead atoms. The first-order valence-corrected chi connectivity index (χ1v) is 7.03. The van der Waals surface area contributed by atoms with Crippen LogP contribution in [0.5, 0.6) is 5.06 Å². The fraction of sp³-hybridized carbons (Fsp3) is 0.538. The Labute approximate surface area is 141 Å². The fourth-order valence-corrected chi connectivity index (χ4v) is 2.50. The van der Waals surface area contributed by atoms with E-state index in [1.807, 2.05) is 6.92 Å². The van der Waals surface area contributed by atoms with Crippen LogP contribution < -0.4 is 40.0 Å². The molecule has 0 spiro atoms. The number of ketones is 1. The van der Waals surface area contributed by atoms with Gasteiger partial charge in [-0.15, -0.1) is 11.3 Å². The van der Waals surface area contributed by atoms with Gasteiger partial charge >= 0.3 is 35.7 Å². The summed E-state index contributed by atoms with van der Waals surface area (Å²) >= 11 is 1.21. The molecule has 2 N–H and O–H groups in total. The van der Waals surface area contributed by atoms with Crippen molar-refractivity contribution >= 4 is 23.2 Å². The number of hydrogen-bond donors (Lipinski definition) is 1. The molecule has 0 radical (unpaired) electrons. The first kappa shape index (κ1) is 18.6. The van der Waals surface area contributed by atoms with Gasteiger partial charge in [-0.1, -0.05) is 33.1 Å². The molecule has 6 heteroatoms. The molecule has 0 saturated carbocycles. The molecule has 102 valence electrons. The number of carbonyl (C=O) groups is 2. The predicted molar refractivity (Wildman–Crippen MR) is 73.3 cm³/mol. The van der Waals surface area contributed by atoms with Crippen molar-refractivity contribution in [2.24, 2.45) is 11.7 Å². The van der Waals surface area contributed by atoms with Gasteiger partial charge in [0.05, 0.1) is 5.56 Å². The summed E-state index contributed by atoms with van der Waals surface area (Å²) < 4.78 is 4.82. The third-order valence-corrected chi connectivity index (χ3v) is 3.57. The summed E-state index contributed by atoms with van der Waals surface area (Å²) in [5.41, 5.74) is 5.42. The van der Waals surface area contributed by atoms with E-state index in [1.165, 1.54) is 11.3 Å². The second-order valence-corrected chi connectivity index (χ2v) is 5.18. The van der Waals surface area contributed by atoms with Gasteiger partial charge in [0.15, 0.2) is 10.8 Å². The van der Waals surface area contributed by atoms with Gasteiger partial charge < -0.3 is 11.9 Å². The molecule has 0 aliphatic heterocycles. The van der Waals surface area contributed by atoms with Crippen molar-refractivity contribution < 1.29 is 45.3 Å². The molecule has 0 fully saturated rings. The van der Waals surface area contributed by atoms with Gasteiger partial charge in [0.25, 0.3) is 0 Å². The molecule has 0 saturated heterocycles. The molecule has 1 heterocycles. The Morgan fingerprint density at radius 2 is 2.16 bits per heavy atom. The quantitative estimate of drug-likeness (QED) is 0.457. The average Bonchev–Trinajstić information content (AvgIpc) is 2.75. The van der Waals surface area contributed by atoms with E-state index in [0.717, 1.165) is 25.7 Å².